The van der Waals surface area contributed by atoms with Crippen LogP contribution in [0.2, 0.25) is 5.02 Å². The van der Waals surface area contributed by atoms with Gasteiger partial charge in [-0.15, -0.1) is 11.3 Å². The number of fused-ring (bicyclic) bond motifs is 1. The number of rotatable bonds is 4. The van der Waals surface area contributed by atoms with Crippen LogP contribution < -0.4 is 4.74 Å². The predicted molar refractivity (Wildman–Crippen MR) is 109 cm³/mol. The number of thiazole rings is 1. The summed E-state index contributed by atoms with van der Waals surface area (Å²) in [5, 5.41) is 1.52. The van der Waals surface area contributed by atoms with Gasteiger partial charge in [-0.25, -0.2) is 4.98 Å². The van der Waals surface area contributed by atoms with E-state index in [0.717, 1.165) is 40.7 Å². The Morgan fingerprint density at radius 1 is 1.22 bits per heavy atom. The van der Waals surface area contributed by atoms with Gasteiger partial charge in [0.25, 0.3) is 5.91 Å². The third kappa shape index (κ3) is 4.14. The van der Waals surface area contributed by atoms with Crippen LogP contribution in [0.5, 0.6) is 5.75 Å². The summed E-state index contributed by atoms with van der Waals surface area (Å²) in [6.07, 6.45) is 7.38. The van der Waals surface area contributed by atoms with Crippen LogP contribution in [0.15, 0.2) is 24.3 Å². The number of carbonyl (C=O) groups excluding carboxylic acids is 1. The highest BCUT2D eigenvalue weighted by Gasteiger charge is 2.37. The Morgan fingerprint density at radius 3 is 2.78 bits per heavy atom. The molecule has 0 bridgehead atoms. The molecular formula is C21H25ClN2O2S. The van der Waals surface area contributed by atoms with Crippen molar-refractivity contribution in [2.45, 2.75) is 58.1 Å². The molecule has 144 valence electrons. The zero-order chi connectivity index (χ0) is 18.8. The molecule has 1 aliphatic heterocycles. The van der Waals surface area contributed by atoms with E-state index in [1.165, 1.54) is 37.0 Å². The highest BCUT2D eigenvalue weighted by Crippen LogP contribution is 2.36. The van der Waals surface area contributed by atoms with E-state index >= 15 is 0 Å². The van der Waals surface area contributed by atoms with E-state index in [1.807, 2.05) is 19.1 Å². The fraction of sp³-hybridized carbons (Fsp3) is 0.524. The van der Waals surface area contributed by atoms with Crippen molar-refractivity contribution in [3.05, 3.63) is 44.9 Å². The first-order valence-corrected chi connectivity index (χ1v) is 11.0. The van der Waals surface area contributed by atoms with E-state index in [4.69, 9.17) is 16.3 Å². The first-order valence-electron chi connectivity index (χ1n) is 9.77. The molecule has 1 aliphatic carbocycles. The minimum absolute atomic E-state index is 0.166. The summed E-state index contributed by atoms with van der Waals surface area (Å²) in [6.45, 7) is 3.18. The topological polar surface area (TPSA) is 42.4 Å². The molecule has 6 heteroatoms. The number of hydrogen-bond acceptors (Lipinski definition) is 4. The normalized spacial score (nSPS) is 22.4. The van der Waals surface area contributed by atoms with Crippen molar-refractivity contribution >= 4 is 28.8 Å². The van der Waals surface area contributed by atoms with Crippen molar-refractivity contribution in [1.29, 1.82) is 0 Å². The molecule has 2 aliphatic rings. The lowest BCUT2D eigenvalue weighted by atomic mass is 9.78. The molecular weight excluding hydrogens is 380 g/mol. The first-order chi connectivity index (χ1) is 13.1. The van der Waals surface area contributed by atoms with Crippen molar-refractivity contribution in [2.75, 3.05) is 6.54 Å². The average molecular weight is 405 g/mol. The Hall–Kier alpha value is -1.59. The number of piperidine rings is 1. The second-order valence-electron chi connectivity index (χ2n) is 7.52. The van der Waals surface area contributed by atoms with Gasteiger partial charge >= 0.3 is 0 Å². The first kappa shape index (κ1) is 18.8. The van der Waals surface area contributed by atoms with Crippen molar-refractivity contribution in [3.63, 3.8) is 0 Å². The Labute approximate surface area is 169 Å². The van der Waals surface area contributed by atoms with E-state index in [0.29, 0.717) is 23.6 Å². The molecule has 2 aromatic rings. The van der Waals surface area contributed by atoms with Gasteiger partial charge in [-0.2, -0.15) is 0 Å². The van der Waals surface area contributed by atoms with Crippen molar-refractivity contribution in [2.24, 2.45) is 5.92 Å². The number of aromatic nitrogens is 1. The molecule has 1 saturated carbocycles. The molecule has 0 N–H and O–H groups in total. The van der Waals surface area contributed by atoms with Crippen LogP contribution in [0.4, 0.5) is 0 Å². The van der Waals surface area contributed by atoms with Crippen LogP contribution in [0, 0.1) is 12.8 Å². The molecule has 1 aromatic carbocycles. The molecule has 2 unspecified atom stereocenters. The molecule has 4 rings (SSSR count). The second-order valence-corrected chi connectivity index (χ2v) is 9.04. The third-order valence-electron chi connectivity index (χ3n) is 5.72. The minimum Gasteiger partial charge on any atom is -0.486 e. The zero-order valence-corrected chi connectivity index (χ0v) is 17.2. The van der Waals surface area contributed by atoms with Crippen LogP contribution in [0.1, 0.15) is 58.9 Å². The standard InChI is InChI=1S/C21H25ClN2O2S/c1-14-20(21(25)24-12-4-6-15-5-2-3-7-18(15)24)27-19(23-14)13-26-17-10-8-16(22)9-11-17/h8-11,15,18H,2-7,12-13H2,1H3. The summed E-state index contributed by atoms with van der Waals surface area (Å²) in [7, 11) is 0. The summed E-state index contributed by atoms with van der Waals surface area (Å²) in [4.78, 5) is 20.7. The lowest BCUT2D eigenvalue weighted by molar-refractivity contribution is 0.0394. The molecule has 2 atom stereocenters. The summed E-state index contributed by atoms with van der Waals surface area (Å²) < 4.78 is 5.79. The van der Waals surface area contributed by atoms with Gasteiger partial charge in [0.15, 0.2) is 0 Å². The molecule has 2 fully saturated rings. The highest BCUT2D eigenvalue weighted by atomic mass is 35.5. The number of aryl methyl sites for hydroxylation is 1. The number of likely N-dealkylation sites (tertiary alicyclic amines) is 1. The fourth-order valence-corrected chi connectivity index (χ4v) is 5.46. The maximum absolute atomic E-state index is 13.2. The van der Waals surface area contributed by atoms with Crippen LogP contribution in [-0.4, -0.2) is 28.4 Å². The average Bonchev–Trinajstić information content (AvgIpc) is 3.07. The predicted octanol–water partition coefficient (Wildman–Crippen LogP) is 5.48. The van der Waals surface area contributed by atoms with Gasteiger partial charge in [0.1, 0.15) is 22.2 Å². The highest BCUT2D eigenvalue weighted by molar-refractivity contribution is 7.13. The Balaban J connectivity index is 1.45. The SMILES string of the molecule is Cc1nc(COc2ccc(Cl)cc2)sc1C(=O)N1CCCC2CCCCC21. The molecule has 0 radical (unpaired) electrons. The van der Waals surface area contributed by atoms with E-state index in [1.54, 1.807) is 12.1 Å². The lowest BCUT2D eigenvalue weighted by Crippen LogP contribution is -2.49. The summed E-state index contributed by atoms with van der Waals surface area (Å²) in [5.74, 6) is 1.61. The Kier molecular flexibility index (Phi) is 5.69. The number of benzene rings is 1. The van der Waals surface area contributed by atoms with E-state index < -0.39 is 0 Å². The van der Waals surface area contributed by atoms with Crippen molar-refractivity contribution < 1.29 is 9.53 Å². The molecule has 4 nitrogen and oxygen atoms in total. The van der Waals surface area contributed by atoms with Gasteiger partial charge in [-0.05, 0) is 62.8 Å². The van der Waals surface area contributed by atoms with Crippen LogP contribution in [0.25, 0.3) is 0 Å². The Bertz CT molecular complexity index is 803. The number of amides is 1. The van der Waals surface area contributed by atoms with Gasteiger partial charge in [0.05, 0.1) is 5.69 Å². The molecule has 27 heavy (non-hydrogen) atoms. The fourth-order valence-electron chi connectivity index (χ4n) is 4.40. The quantitative estimate of drug-likeness (QED) is 0.677. The zero-order valence-electron chi connectivity index (χ0n) is 15.6. The maximum Gasteiger partial charge on any atom is 0.266 e. The number of ether oxygens (including phenoxy) is 1. The van der Waals surface area contributed by atoms with Gasteiger partial charge < -0.3 is 9.64 Å². The monoisotopic (exact) mass is 404 g/mol. The van der Waals surface area contributed by atoms with E-state index in [9.17, 15) is 4.79 Å². The lowest BCUT2D eigenvalue weighted by Gasteiger charge is -2.44. The van der Waals surface area contributed by atoms with Gasteiger partial charge in [-0.3, -0.25) is 4.79 Å². The number of carbonyl (C=O) groups is 1. The van der Waals surface area contributed by atoms with Gasteiger partial charge in [-0.1, -0.05) is 24.4 Å². The van der Waals surface area contributed by atoms with E-state index in [2.05, 4.69) is 9.88 Å². The second kappa shape index (κ2) is 8.19. The maximum atomic E-state index is 13.2. The molecule has 1 amide bonds. The van der Waals surface area contributed by atoms with Crippen LogP contribution in [-0.2, 0) is 6.61 Å². The van der Waals surface area contributed by atoms with Gasteiger partial charge in [0.2, 0.25) is 0 Å². The number of halogens is 1. The molecule has 1 aromatic heterocycles. The Morgan fingerprint density at radius 2 is 1.96 bits per heavy atom. The molecule has 2 heterocycles. The molecule has 0 spiro atoms. The number of nitrogens with zero attached hydrogens (tertiary/aromatic N) is 2. The van der Waals surface area contributed by atoms with E-state index in [-0.39, 0.29) is 5.91 Å². The van der Waals surface area contributed by atoms with Crippen molar-refractivity contribution in [1.82, 2.24) is 9.88 Å². The summed E-state index contributed by atoms with van der Waals surface area (Å²) >= 11 is 7.37. The third-order valence-corrected chi connectivity index (χ3v) is 7.09. The number of hydrogen-bond donors (Lipinski definition) is 0. The minimum atomic E-state index is 0.166. The van der Waals surface area contributed by atoms with Gasteiger partial charge in [0, 0.05) is 17.6 Å². The van der Waals surface area contributed by atoms with Crippen LogP contribution in [0.3, 0.4) is 0 Å². The van der Waals surface area contributed by atoms with Crippen LogP contribution >= 0.6 is 22.9 Å². The largest absolute Gasteiger partial charge is 0.486 e. The summed E-state index contributed by atoms with van der Waals surface area (Å²) in [6, 6.07) is 7.71. The molecule has 1 saturated heterocycles. The summed E-state index contributed by atoms with van der Waals surface area (Å²) in [5.41, 5.74) is 0.817. The smallest absolute Gasteiger partial charge is 0.266 e. The van der Waals surface area contributed by atoms with Crippen molar-refractivity contribution in [3.8, 4) is 5.75 Å².